The molecule has 0 unspecified atom stereocenters. The van der Waals surface area contributed by atoms with Crippen LogP contribution in [0.15, 0.2) is 41.3 Å². The van der Waals surface area contributed by atoms with Crippen LogP contribution in [0.2, 0.25) is 0 Å². The second-order valence-electron chi connectivity index (χ2n) is 4.98. The summed E-state index contributed by atoms with van der Waals surface area (Å²) in [5, 5.41) is 2.61. The fourth-order valence-electron chi connectivity index (χ4n) is 1.93. The summed E-state index contributed by atoms with van der Waals surface area (Å²) in [5.74, 6) is -0.807. The number of primary amides is 1. The maximum absolute atomic E-state index is 11.9. The van der Waals surface area contributed by atoms with E-state index >= 15 is 0 Å². The lowest BCUT2D eigenvalue weighted by molar-refractivity contribution is -0.118. The minimum Gasteiger partial charge on any atom is -0.478 e. The van der Waals surface area contributed by atoms with Crippen LogP contribution in [0.25, 0.3) is 0 Å². The number of hydrogen-bond donors (Lipinski definition) is 2. The maximum Gasteiger partial charge on any atom is 0.262 e. The highest BCUT2D eigenvalue weighted by Gasteiger charge is 2.10. The van der Waals surface area contributed by atoms with Gasteiger partial charge in [0.25, 0.3) is 5.91 Å². The van der Waals surface area contributed by atoms with Gasteiger partial charge in [-0.3, -0.25) is 14.4 Å². The quantitative estimate of drug-likeness (QED) is 0.852. The standard InChI is InChI=1S/C16H17N3O4/c1-10-15(13(20)7-8-19(10)2)23-9-14(21)18-12-5-3-11(4-6-12)16(17)22/h3-8H,9H2,1-2H3,(H2,17,22)(H,18,21). The van der Waals surface area contributed by atoms with E-state index in [-0.39, 0.29) is 17.8 Å². The van der Waals surface area contributed by atoms with E-state index in [4.69, 9.17) is 10.5 Å². The molecule has 0 spiro atoms. The number of nitrogens with one attached hydrogen (secondary N) is 1. The monoisotopic (exact) mass is 315 g/mol. The summed E-state index contributed by atoms with van der Waals surface area (Å²) in [6.07, 6.45) is 1.63. The minimum absolute atomic E-state index is 0.147. The van der Waals surface area contributed by atoms with Crippen molar-refractivity contribution in [1.82, 2.24) is 4.57 Å². The van der Waals surface area contributed by atoms with Crippen LogP contribution in [-0.4, -0.2) is 23.0 Å². The van der Waals surface area contributed by atoms with Gasteiger partial charge in [0, 0.05) is 30.6 Å². The van der Waals surface area contributed by atoms with E-state index in [1.54, 1.807) is 36.9 Å². The van der Waals surface area contributed by atoms with Crippen molar-refractivity contribution in [3.05, 3.63) is 58.0 Å². The number of nitrogens with two attached hydrogens (primary N) is 1. The molecule has 0 aliphatic heterocycles. The molecule has 2 amide bonds. The van der Waals surface area contributed by atoms with Crippen LogP contribution in [0, 0.1) is 6.92 Å². The second-order valence-corrected chi connectivity index (χ2v) is 4.98. The Kier molecular flexibility index (Phi) is 4.80. The molecule has 2 aromatic rings. The van der Waals surface area contributed by atoms with Gasteiger partial charge in [-0.25, -0.2) is 0 Å². The summed E-state index contributed by atoms with van der Waals surface area (Å²) in [7, 11) is 1.78. The zero-order valence-electron chi connectivity index (χ0n) is 12.8. The van der Waals surface area contributed by atoms with Crippen molar-refractivity contribution < 1.29 is 14.3 Å². The fraction of sp³-hybridized carbons (Fsp3) is 0.188. The largest absolute Gasteiger partial charge is 0.478 e. The van der Waals surface area contributed by atoms with Gasteiger partial charge in [-0.1, -0.05) is 0 Å². The summed E-state index contributed by atoms with van der Waals surface area (Å²) < 4.78 is 7.06. The zero-order valence-corrected chi connectivity index (χ0v) is 12.8. The van der Waals surface area contributed by atoms with Gasteiger partial charge < -0.3 is 20.4 Å². The summed E-state index contributed by atoms with van der Waals surface area (Å²) >= 11 is 0. The molecule has 1 aromatic heterocycles. The highest BCUT2D eigenvalue weighted by atomic mass is 16.5. The molecule has 120 valence electrons. The molecule has 0 aliphatic carbocycles. The van der Waals surface area contributed by atoms with Crippen molar-refractivity contribution in [3.8, 4) is 5.75 Å². The molecule has 0 radical (unpaired) electrons. The van der Waals surface area contributed by atoms with Gasteiger partial charge in [0.15, 0.2) is 12.4 Å². The number of nitrogens with zero attached hydrogens (tertiary/aromatic N) is 1. The average Bonchev–Trinajstić information content (AvgIpc) is 2.51. The second kappa shape index (κ2) is 6.78. The van der Waals surface area contributed by atoms with Crippen molar-refractivity contribution >= 4 is 17.5 Å². The molecular formula is C16H17N3O4. The Labute approximate surface area is 132 Å². The lowest BCUT2D eigenvalue weighted by Crippen LogP contribution is -2.23. The Morgan fingerprint density at radius 1 is 1.22 bits per heavy atom. The molecule has 0 aliphatic rings. The van der Waals surface area contributed by atoms with Crippen LogP contribution in [-0.2, 0) is 11.8 Å². The number of amides is 2. The number of carbonyl (C=O) groups is 2. The lowest BCUT2D eigenvalue weighted by atomic mass is 10.2. The van der Waals surface area contributed by atoms with Crippen LogP contribution >= 0.6 is 0 Å². The van der Waals surface area contributed by atoms with Gasteiger partial charge >= 0.3 is 0 Å². The van der Waals surface area contributed by atoms with Crippen LogP contribution < -0.4 is 21.2 Å². The van der Waals surface area contributed by atoms with Gasteiger partial charge in [0.1, 0.15) is 0 Å². The SMILES string of the molecule is Cc1c(OCC(=O)Nc2ccc(C(N)=O)cc2)c(=O)ccn1C. The number of ether oxygens (including phenoxy) is 1. The van der Waals surface area contributed by atoms with Gasteiger partial charge in [-0.05, 0) is 31.2 Å². The molecule has 0 fully saturated rings. The van der Waals surface area contributed by atoms with Crippen molar-refractivity contribution in [2.75, 3.05) is 11.9 Å². The van der Waals surface area contributed by atoms with Crippen molar-refractivity contribution in [1.29, 1.82) is 0 Å². The number of pyridine rings is 1. The Hall–Kier alpha value is -3.09. The van der Waals surface area contributed by atoms with Gasteiger partial charge in [-0.15, -0.1) is 0 Å². The Bertz CT molecular complexity index is 794. The average molecular weight is 315 g/mol. The number of aryl methyl sites for hydroxylation is 1. The number of anilines is 1. The molecule has 0 saturated heterocycles. The topological polar surface area (TPSA) is 103 Å². The molecule has 0 saturated carbocycles. The number of benzene rings is 1. The molecule has 7 heteroatoms. The smallest absolute Gasteiger partial charge is 0.262 e. The Morgan fingerprint density at radius 3 is 2.48 bits per heavy atom. The summed E-state index contributed by atoms with van der Waals surface area (Å²) in [6.45, 7) is 1.44. The molecule has 0 atom stereocenters. The summed E-state index contributed by atoms with van der Waals surface area (Å²) in [6, 6.07) is 7.52. The number of aromatic nitrogens is 1. The normalized spacial score (nSPS) is 10.2. The summed E-state index contributed by atoms with van der Waals surface area (Å²) in [4.78, 5) is 34.6. The maximum atomic E-state index is 11.9. The van der Waals surface area contributed by atoms with E-state index in [9.17, 15) is 14.4 Å². The Balaban J connectivity index is 1.99. The zero-order chi connectivity index (χ0) is 17.0. The first kappa shape index (κ1) is 16.3. The van der Waals surface area contributed by atoms with Gasteiger partial charge in [-0.2, -0.15) is 0 Å². The highest BCUT2D eigenvalue weighted by Crippen LogP contribution is 2.11. The number of rotatable bonds is 5. The highest BCUT2D eigenvalue weighted by molar-refractivity contribution is 5.95. The minimum atomic E-state index is -0.540. The van der Waals surface area contributed by atoms with E-state index in [1.807, 2.05) is 0 Å². The molecule has 23 heavy (non-hydrogen) atoms. The predicted molar refractivity (Wildman–Crippen MR) is 85.5 cm³/mol. The van der Waals surface area contributed by atoms with Gasteiger partial charge in [0.2, 0.25) is 11.3 Å². The van der Waals surface area contributed by atoms with E-state index in [1.165, 1.54) is 18.2 Å². The molecule has 1 aromatic carbocycles. The molecule has 0 bridgehead atoms. The third-order valence-electron chi connectivity index (χ3n) is 3.33. The van der Waals surface area contributed by atoms with Crippen molar-refractivity contribution in [2.45, 2.75) is 6.92 Å². The fourth-order valence-corrected chi connectivity index (χ4v) is 1.93. The van der Waals surface area contributed by atoms with Crippen LogP contribution in [0.5, 0.6) is 5.75 Å². The number of carbonyl (C=O) groups excluding carboxylic acids is 2. The first-order chi connectivity index (χ1) is 10.9. The van der Waals surface area contributed by atoms with E-state index < -0.39 is 11.8 Å². The third kappa shape index (κ3) is 3.97. The van der Waals surface area contributed by atoms with Crippen molar-refractivity contribution in [2.24, 2.45) is 12.8 Å². The summed E-state index contributed by atoms with van der Waals surface area (Å²) in [5.41, 5.74) is 6.35. The molecule has 2 rings (SSSR count). The Morgan fingerprint density at radius 2 is 1.87 bits per heavy atom. The van der Waals surface area contributed by atoms with E-state index in [0.717, 1.165) is 0 Å². The molecular weight excluding hydrogens is 298 g/mol. The van der Waals surface area contributed by atoms with Crippen LogP contribution in [0.4, 0.5) is 5.69 Å². The van der Waals surface area contributed by atoms with Crippen LogP contribution in [0.3, 0.4) is 0 Å². The lowest BCUT2D eigenvalue weighted by Gasteiger charge is -2.11. The van der Waals surface area contributed by atoms with E-state index in [0.29, 0.717) is 16.9 Å². The molecule has 1 heterocycles. The predicted octanol–water partition coefficient (Wildman–Crippen LogP) is 0.810. The first-order valence-electron chi connectivity index (χ1n) is 6.87. The molecule has 3 N–H and O–H groups in total. The first-order valence-corrected chi connectivity index (χ1v) is 6.87. The van der Waals surface area contributed by atoms with Crippen molar-refractivity contribution in [3.63, 3.8) is 0 Å². The third-order valence-corrected chi connectivity index (χ3v) is 3.33. The number of hydrogen-bond acceptors (Lipinski definition) is 4. The van der Waals surface area contributed by atoms with E-state index in [2.05, 4.69) is 5.32 Å². The van der Waals surface area contributed by atoms with Gasteiger partial charge in [0.05, 0.1) is 5.69 Å². The van der Waals surface area contributed by atoms with Crippen LogP contribution in [0.1, 0.15) is 16.1 Å². The molecule has 7 nitrogen and oxygen atoms in total.